The minimum absolute atomic E-state index is 0.00177. The van der Waals surface area contributed by atoms with Crippen LogP contribution in [0.25, 0.3) is 10.9 Å². The minimum atomic E-state index is -0.587. The number of anilines is 1. The molecule has 190 valence electrons. The summed E-state index contributed by atoms with van der Waals surface area (Å²) in [5.41, 5.74) is 2.77. The monoisotopic (exact) mass is 509 g/mol. The lowest BCUT2D eigenvalue weighted by Crippen LogP contribution is -2.37. The molecule has 2 aromatic carbocycles. The van der Waals surface area contributed by atoms with Crippen LogP contribution in [0.5, 0.6) is 5.75 Å². The van der Waals surface area contributed by atoms with Crippen molar-refractivity contribution < 1.29 is 19.4 Å². The van der Waals surface area contributed by atoms with Crippen molar-refractivity contribution in [3.05, 3.63) is 64.8 Å². The van der Waals surface area contributed by atoms with Gasteiger partial charge < -0.3 is 20.1 Å². The number of phenols is 1. The number of carbonyl (C=O) groups is 2. The van der Waals surface area contributed by atoms with Crippen LogP contribution in [0.4, 0.5) is 5.69 Å². The topological polar surface area (TPSA) is 91.8 Å². The van der Waals surface area contributed by atoms with E-state index in [9.17, 15) is 14.7 Å². The molecule has 36 heavy (non-hydrogen) atoms. The summed E-state index contributed by atoms with van der Waals surface area (Å²) in [5, 5.41) is 15.3. The van der Waals surface area contributed by atoms with E-state index in [0.29, 0.717) is 40.9 Å². The molecule has 1 aromatic heterocycles. The third kappa shape index (κ3) is 5.57. The van der Waals surface area contributed by atoms with Crippen molar-refractivity contribution in [3.8, 4) is 5.75 Å². The maximum Gasteiger partial charge on any atom is 0.309 e. The summed E-state index contributed by atoms with van der Waals surface area (Å²) in [6.07, 6.45) is 4.21. The van der Waals surface area contributed by atoms with Crippen molar-refractivity contribution in [1.29, 1.82) is 0 Å². The molecule has 0 bridgehead atoms. The van der Waals surface area contributed by atoms with Crippen LogP contribution in [0, 0.1) is 5.92 Å². The number of aromatic nitrogens is 1. The number of fused-ring (bicyclic) bond motifs is 1. The lowest BCUT2D eigenvalue weighted by Gasteiger charge is -2.33. The first kappa shape index (κ1) is 25.8. The second-order valence-electron chi connectivity index (χ2n) is 9.05. The predicted octanol–water partition coefficient (Wildman–Crippen LogP) is 5.38. The van der Waals surface area contributed by atoms with E-state index in [-0.39, 0.29) is 23.5 Å². The number of rotatable bonds is 8. The highest BCUT2D eigenvalue weighted by molar-refractivity contribution is 6.35. The van der Waals surface area contributed by atoms with Gasteiger partial charge in [0.2, 0.25) is 5.91 Å². The number of hydrogen-bond acceptors (Lipinski definition) is 6. The fourth-order valence-corrected chi connectivity index (χ4v) is 5.01. The summed E-state index contributed by atoms with van der Waals surface area (Å²) in [6.45, 7) is 5.72. The summed E-state index contributed by atoms with van der Waals surface area (Å²) in [5.74, 6) is -0.263. The Bertz CT molecular complexity index is 1220. The Morgan fingerprint density at radius 2 is 1.92 bits per heavy atom. The molecular weight excluding hydrogens is 478 g/mol. The molecule has 8 heteroatoms. The van der Waals surface area contributed by atoms with Gasteiger partial charge in [-0.05, 0) is 62.1 Å². The Morgan fingerprint density at radius 3 is 2.58 bits per heavy atom. The van der Waals surface area contributed by atoms with Gasteiger partial charge in [0, 0.05) is 42.3 Å². The van der Waals surface area contributed by atoms with E-state index in [0.717, 1.165) is 37.2 Å². The smallest absolute Gasteiger partial charge is 0.309 e. The summed E-state index contributed by atoms with van der Waals surface area (Å²) in [7, 11) is 0. The first-order valence-corrected chi connectivity index (χ1v) is 12.9. The Labute approximate surface area is 216 Å². The Hall–Kier alpha value is -3.32. The SMILES string of the molecule is CCCC(=O)NC(c1ccc(N2CCC(C(=O)OCC)CC2)cc1)c1cc(Cl)c2cccnc2c1O. The zero-order chi connectivity index (χ0) is 25.7. The van der Waals surface area contributed by atoms with Crippen LogP contribution in [0.1, 0.15) is 56.7 Å². The number of esters is 1. The van der Waals surface area contributed by atoms with Gasteiger partial charge in [-0.15, -0.1) is 0 Å². The molecule has 1 amide bonds. The predicted molar refractivity (Wildman–Crippen MR) is 141 cm³/mol. The van der Waals surface area contributed by atoms with Crippen molar-refractivity contribution in [2.75, 3.05) is 24.6 Å². The van der Waals surface area contributed by atoms with Crippen LogP contribution >= 0.6 is 11.6 Å². The zero-order valence-electron chi connectivity index (χ0n) is 20.7. The molecule has 1 atom stereocenters. The second-order valence-corrected chi connectivity index (χ2v) is 9.46. The molecule has 4 rings (SSSR count). The maximum absolute atomic E-state index is 12.6. The lowest BCUT2D eigenvalue weighted by atomic mass is 9.94. The summed E-state index contributed by atoms with van der Waals surface area (Å²) in [6, 6.07) is 12.6. The number of ether oxygens (including phenoxy) is 1. The molecule has 1 aliphatic heterocycles. The van der Waals surface area contributed by atoms with E-state index in [1.807, 2.05) is 38.1 Å². The first-order chi connectivity index (χ1) is 17.4. The van der Waals surface area contributed by atoms with E-state index >= 15 is 0 Å². The van der Waals surface area contributed by atoms with E-state index in [1.165, 1.54) is 0 Å². The standard InChI is InChI=1S/C28H32ClN3O4/c1-3-6-24(33)31-25(22-17-23(29)21-7-5-14-30-26(21)27(22)34)18-8-10-20(11-9-18)32-15-12-19(13-16-32)28(35)36-4-2/h5,7-11,14,17,19,25,34H,3-4,6,12-13,15-16H2,1-2H3,(H,31,33). The lowest BCUT2D eigenvalue weighted by molar-refractivity contribution is -0.148. The molecule has 1 fully saturated rings. The average Bonchev–Trinajstić information content (AvgIpc) is 2.90. The molecule has 3 aromatic rings. The van der Waals surface area contributed by atoms with Crippen molar-refractivity contribution in [2.24, 2.45) is 5.92 Å². The van der Waals surface area contributed by atoms with Gasteiger partial charge >= 0.3 is 5.97 Å². The van der Waals surface area contributed by atoms with E-state index < -0.39 is 6.04 Å². The fourth-order valence-electron chi connectivity index (χ4n) is 4.74. The summed E-state index contributed by atoms with van der Waals surface area (Å²) < 4.78 is 5.17. The maximum atomic E-state index is 12.6. The van der Waals surface area contributed by atoms with Crippen molar-refractivity contribution in [3.63, 3.8) is 0 Å². The minimum Gasteiger partial charge on any atom is -0.505 e. The average molecular weight is 510 g/mol. The van der Waals surface area contributed by atoms with Crippen molar-refractivity contribution in [1.82, 2.24) is 10.3 Å². The Morgan fingerprint density at radius 1 is 1.19 bits per heavy atom. The van der Waals surface area contributed by atoms with Gasteiger partial charge in [-0.3, -0.25) is 14.6 Å². The fraction of sp³-hybridized carbons (Fsp3) is 0.393. The number of pyridine rings is 1. The molecule has 0 aliphatic carbocycles. The second kappa shape index (κ2) is 11.6. The largest absolute Gasteiger partial charge is 0.505 e. The quantitative estimate of drug-likeness (QED) is 0.396. The van der Waals surface area contributed by atoms with Gasteiger partial charge in [-0.1, -0.05) is 30.7 Å². The number of nitrogens with one attached hydrogen (secondary N) is 1. The first-order valence-electron chi connectivity index (χ1n) is 12.5. The zero-order valence-corrected chi connectivity index (χ0v) is 21.4. The highest BCUT2D eigenvalue weighted by Gasteiger charge is 2.27. The molecule has 1 saturated heterocycles. The van der Waals surface area contributed by atoms with Gasteiger partial charge in [-0.2, -0.15) is 0 Å². The molecule has 1 unspecified atom stereocenters. The molecule has 2 N–H and O–H groups in total. The van der Waals surface area contributed by atoms with Crippen LogP contribution in [0.2, 0.25) is 5.02 Å². The Balaban J connectivity index is 1.60. The van der Waals surface area contributed by atoms with Crippen molar-refractivity contribution >= 4 is 40.1 Å². The van der Waals surface area contributed by atoms with Gasteiger partial charge in [0.15, 0.2) is 0 Å². The number of phenolic OH excluding ortho intramolecular Hbond substituents is 1. The van der Waals surface area contributed by atoms with E-state index in [4.69, 9.17) is 16.3 Å². The molecular formula is C28H32ClN3O4. The van der Waals surface area contributed by atoms with E-state index in [2.05, 4.69) is 15.2 Å². The highest BCUT2D eigenvalue weighted by atomic mass is 35.5. The number of piperidine rings is 1. The number of amides is 1. The molecule has 7 nitrogen and oxygen atoms in total. The number of halogens is 1. The highest BCUT2D eigenvalue weighted by Crippen LogP contribution is 2.39. The van der Waals surface area contributed by atoms with Gasteiger partial charge in [-0.25, -0.2) is 0 Å². The van der Waals surface area contributed by atoms with Crippen LogP contribution in [-0.2, 0) is 14.3 Å². The van der Waals surface area contributed by atoms with Crippen LogP contribution in [-0.4, -0.2) is 41.7 Å². The summed E-state index contributed by atoms with van der Waals surface area (Å²) in [4.78, 5) is 31.2. The molecule has 1 aliphatic rings. The van der Waals surface area contributed by atoms with Crippen LogP contribution in [0.15, 0.2) is 48.7 Å². The van der Waals surface area contributed by atoms with Gasteiger partial charge in [0.25, 0.3) is 0 Å². The van der Waals surface area contributed by atoms with E-state index in [1.54, 1.807) is 24.4 Å². The third-order valence-electron chi connectivity index (χ3n) is 6.64. The molecule has 0 radical (unpaired) electrons. The molecule has 0 spiro atoms. The number of carbonyl (C=O) groups excluding carboxylic acids is 2. The van der Waals surface area contributed by atoms with Gasteiger partial charge in [0.05, 0.1) is 23.6 Å². The third-order valence-corrected chi connectivity index (χ3v) is 6.96. The normalized spacial score (nSPS) is 15.0. The number of benzene rings is 2. The molecule has 2 heterocycles. The van der Waals surface area contributed by atoms with Crippen molar-refractivity contribution in [2.45, 2.75) is 45.6 Å². The van der Waals surface area contributed by atoms with Crippen LogP contribution < -0.4 is 10.2 Å². The summed E-state index contributed by atoms with van der Waals surface area (Å²) >= 11 is 6.54. The van der Waals surface area contributed by atoms with Gasteiger partial charge in [0.1, 0.15) is 11.3 Å². The number of aromatic hydroxyl groups is 1. The Kier molecular flexibility index (Phi) is 8.31. The van der Waals surface area contributed by atoms with Crippen LogP contribution in [0.3, 0.4) is 0 Å². The number of hydrogen-bond donors (Lipinski definition) is 2. The number of nitrogens with zero attached hydrogens (tertiary/aromatic N) is 2. The molecule has 0 saturated carbocycles.